The molecule has 18 heavy (non-hydrogen) atoms. The van der Waals surface area contributed by atoms with E-state index in [-0.39, 0.29) is 12.0 Å². The molecule has 1 fully saturated rings. The Balaban J connectivity index is 1.88. The number of ether oxygens (including phenoxy) is 1. The number of fused-ring (bicyclic) bond motifs is 1. The van der Waals surface area contributed by atoms with E-state index in [4.69, 9.17) is 4.74 Å². The van der Waals surface area contributed by atoms with Crippen molar-refractivity contribution in [3.63, 3.8) is 0 Å². The molecule has 96 valence electrons. The molecule has 1 amide bonds. The van der Waals surface area contributed by atoms with Gasteiger partial charge in [-0.15, -0.1) is 0 Å². The summed E-state index contributed by atoms with van der Waals surface area (Å²) in [5, 5.41) is 14.9. The minimum atomic E-state index is -0.347. The molecule has 0 aromatic carbocycles. The van der Waals surface area contributed by atoms with Crippen molar-refractivity contribution in [3.8, 4) is 0 Å². The number of aromatic amines is 1. The molecule has 1 saturated heterocycles. The zero-order valence-corrected chi connectivity index (χ0v) is 10.4. The summed E-state index contributed by atoms with van der Waals surface area (Å²) in [6.45, 7) is 2.54. The predicted molar refractivity (Wildman–Crippen MR) is 65.2 cm³/mol. The number of nitrogens with one attached hydrogen (secondary N) is 2. The first-order chi connectivity index (χ1) is 8.66. The van der Waals surface area contributed by atoms with Crippen LogP contribution >= 0.6 is 0 Å². The lowest BCUT2D eigenvalue weighted by molar-refractivity contribution is -0.124. The van der Waals surface area contributed by atoms with Crippen molar-refractivity contribution in [2.75, 3.05) is 11.9 Å². The molecule has 7 heteroatoms. The van der Waals surface area contributed by atoms with Gasteiger partial charge in [-0.25, -0.2) is 4.68 Å². The molecule has 1 atom stereocenters. The molecule has 1 aliphatic rings. The molecule has 7 nitrogen and oxygen atoms in total. The van der Waals surface area contributed by atoms with E-state index in [9.17, 15) is 4.79 Å². The molecule has 1 unspecified atom stereocenters. The fraction of sp³-hybridized carbons (Fsp3) is 0.545. The second-order valence-corrected chi connectivity index (χ2v) is 4.50. The number of H-pyrrole nitrogens is 1. The molecule has 0 spiro atoms. The highest BCUT2D eigenvalue weighted by molar-refractivity contribution is 6.01. The number of hydrogen-bond acceptors (Lipinski definition) is 4. The van der Waals surface area contributed by atoms with Crippen molar-refractivity contribution in [2.24, 2.45) is 7.05 Å². The van der Waals surface area contributed by atoms with Gasteiger partial charge in [-0.05, 0) is 19.8 Å². The van der Waals surface area contributed by atoms with Gasteiger partial charge >= 0.3 is 0 Å². The van der Waals surface area contributed by atoms with E-state index >= 15 is 0 Å². The lowest BCUT2D eigenvalue weighted by atomic mass is 10.2. The molecule has 0 aliphatic carbocycles. The SMILES string of the molecule is Cc1nn(C)c2n[nH]c(NC(=O)C3CCCO3)c12. The first-order valence-corrected chi connectivity index (χ1v) is 5.97. The Hall–Kier alpha value is -1.89. The zero-order valence-electron chi connectivity index (χ0n) is 10.4. The monoisotopic (exact) mass is 249 g/mol. The molecule has 0 bridgehead atoms. The number of amides is 1. The highest BCUT2D eigenvalue weighted by atomic mass is 16.5. The van der Waals surface area contributed by atoms with Gasteiger partial charge in [0.05, 0.1) is 11.1 Å². The summed E-state index contributed by atoms with van der Waals surface area (Å²) < 4.78 is 7.03. The van der Waals surface area contributed by atoms with Crippen molar-refractivity contribution in [2.45, 2.75) is 25.9 Å². The van der Waals surface area contributed by atoms with Gasteiger partial charge in [-0.1, -0.05) is 0 Å². The average molecular weight is 249 g/mol. The molecule has 0 radical (unpaired) electrons. The van der Waals surface area contributed by atoms with E-state index in [0.717, 1.165) is 29.6 Å². The molecular formula is C11H15N5O2. The molecule has 1 aliphatic heterocycles. The standard InChI is InChI=1S/C11H15N5O2/c1-6-8-9(13-14-10(8)16(2)15-6)12-11(17)7-4-3-5-18-7/h7H,3-5H2,1-2H3,(H2,12,13,14,17). The maximum atomic E-state index is 12.0. The van der Waals surface area contributed by atoms with Crippen LogP contribution in [0.3, 0.4) is 0 Å². The quantitative estimate of drug-likeness (QED) is 0.821. The minimum Gasteiger partial charge on any atom is -0.368 e. The Morgan fingerprint density at radius 3 is 3.17 bits per heavy atom. The molecular weight excluding hydrogens is 234 g/mol. The number of rotatable bonds is 2. The van der Waals surface area contributed by atoms with Gasteiger partial charge in [0.2, 0.25) is 0 Å². The van der Waals surface area contributed by atoms with Crippen LogP contribution in [0, 0.1) is 6.92 Å². The maximum Gasteiger partial charge on any atom is 0.254 e. The predicted octanol–water partition coefficient (Wildman–Crippen LogP) is 0.722. The lowest BCUT2D eigenvalue weighted by Gasteiger charge is -2.08. The lowest BCUT2D eigenvalue weighted by Crippen LogP contribution is -2.27. The fourth-order valence-electron chi connectivity index (χ4n) is 2.31. The smallest absolute Gasteiger partial charge is 0.254 e. The molecule has 2 N–H and O–H groups in total. The number of hydrogen-bond donors (Lipinski definition) is 2. The number of carbonyl (C=O) groups is 1. The van der Waals surface area contributed by atoms with Crippen molar-refractivity contribution < 1.29 is 9.53 Å². The van der Waals surface area contributed by atoms with Gasteiger partial charge in [0.1, 0.15) is 11.9 Å². The number of carbonyl (C=O) groups excluding carboxylic acids is 1. The van der Waals surface area contributed by atoms with Crippen LogP contribution in [0.1, 0.15) is 18.5 Å². The summed E-state index contributed by atoms with van der Waals surface area (Å²) >= 11 is 0. The molecule has 2 aromatic rings. The second-order valence-electron chi connectivity index (χ2n) is 4.50. The third-order valence-electron chi connectivity index (χ3n) is 3.19. The van der Waals surface area contributed by atoms with Crippen molar-refractivity contribution >= 4 is 22.8 Å². The van der Waals surface area contributed by atoms with Crippen LogP contribution < -0.4 is 5.32 Å². The second kappa shape index (κ2) is 4.09. The van der Waals surface area contributed by atoms with Gasteiger partial charge < -0.3 is 10.1 Å². The van der Waals surface area contributed by atoms with Crippen LogP contribution in [-0.2, 0) is 16.6 Å². The van der Waals surface area contributed by atoms with Crippen LogP contribution in [0.15, 0.2) is 0 Å². The fourth-order valence-corrected chi connectivity index (χ4v) is 2.31. The van der Waals surface area contributed by atoms with E-state index in [1.807, 2.05) is 14.0 Å². The number of anilines is 1. The highest BCUT2D eigenvalue weighted by Gasteiger charge is 2.25. The first-order valence-electron chi connectivity index (χ1n) is 5.97. The Labute approximate surface area is 103 Å². The summed E-state index contributed by atoms with van der Waals surface area (Å²) in [7, 11) is 1.82. The third-order valence-corrected chi connectivity index (χ3v) is 3.19. The molecule has 2 aromatic heterocycles. The summed E-state index contributed by atoms with van der Waals surface area (Å²) in [6.07, 6.45) is 1.36. The van der Waals surface area contributed by atoms with Crippen LogP contribution in [0.4, 0.5) is 5.82 Å². The Morgan fingerprint density at radius 2 is 2.44 bits per heavy atom. The van der Waals surface area contributed by atoms with Crippen molar-refractivity contribution in [3.05, 3.63) is 5.69 Å². The number of nitrogens with zero attached hydrogens (tertiary/aromatic N) is 3. The van der Waals surface area contributed by atoms with Gasteiger partial charge in [-0.2, -0.15) is 10.2 Å². The Kier molecular flexibility index (Phi) is 2.55. The van der Waals surface area contributed by atoms with Gasteiger partial charge in [0.25, 0.3) is 5.91 Å². The summed E-state index contributed by atoms with van der Waals surface area (Å²) in [6, 6.07) is 0. The summed E-state index contributed by atoms with van der Waals surface area (Å²) in [5.41, 5.74) is 1.57. The summed E-state index contributed by atoms with van der Waals surface area (Å²) in [4.78, 5) is 12.0. The van der Waals surface area contributed by atoms with Crippen LogP contribution in [0.5, 0.6) is 0 Å². The summed E-state index contributed by atoms with van der Waals surface area (Å²) in [5.74, 6) is 0.470. The molecule has 0 saturated carbocycles. The topological polar surface area (TPSA) is 84.8 Å². The van der Waals surface area contributed by atoms with Crippen molar-refractivity contribution in [1.82, 2.24) is 20.0 Å². The molecule has 3 rings (SSSR count). The Morgan fingerprint density at radius 1 is 1.61 bits per heavy atom. The van der Waals surface area contributed by atoms with Gasteiger partial charge in [0, 0.05) is 13.7 Å². The van der Waals surface area contributed by atoms with Crippen LogP contribution in [0.25, 0.3) is 11.0 Å². The zero-order chi connectivity index (χ0) is 12.7. The minimum absolute atomic E-state index is 0.124. The van der Waals surface area contributed by atoms with E-state index in [0.29, 0.717) is 12.4 Å². The van der Waals surface area contributed by atoms with Gasteiger partial charge in [0.15, 0.2) is 5.65 Å². The van der Waals surface area contributed by atoms with Gasteiger partial charge in [-0.3, -0.25) is 9.89 Å². The van der Waals surface area contributed by atoms with Crippen molar-refractivity contribution in [1.29, 1.82) is 0 Å². The van der Waals surface area contributed by atoms with Crippen LogP contribution in [0.2, 0.25) is 0 Å². The number of aromatic nitrogens is 4. The number of aryl methyl sites for hydroxylation is 2. The third kappa shape index (κ3) is 1.67. The normalized spacial score (nSPS) is 19.6. The Bertz CT molecular complexity index is 594. The average Bonchev–Trinajstić information content (AvgIpc) is 3.01. The van der Waals surface area contributed by atoms with Crippen LogP contribution in [-0.4, -0.2) is 38.6 Å². The maximum absolute atomic E-state index is 12.0. The van der Waals surface area contributed by atoms with E-state index in [1.54, 1.807) is 4.68 Å². The van der Waals surface area contributed by atoms with E-state index < -0.39 is 0 Å². The molecule has 3 heterocycles. The van der Waals surface area contributed by atoms with E-state index in [1.165, 1.54) is 0 Å². The first kappa shape index (κ1) is 11.2. The van der Waals surface area contributed by atoms with E-state index in [2.05, 4.69) is 20.6 Å². The highest BCUT2D eigenvalue weighted by Crippen LogP contribution is 2.24. The largest absolute Gasteiger partial charge is 0.368 e.